The van der Waals surface area contributed by atoms with Gasteiger partial charge in [0, 0.05) is 17.1 Å². The van der Waals surface area contributed by atoms with E-state index < -0.39 is 5.41 Å². The topological polar surface area (TPSA) is 12.5 Å². The first kappa shape index (κ1) is 45.0. The molecule has 0 saturated heterocycles. The van der Waals surface area contributed by atoms with Crippen LogP contribution in [0.3, 0.4) is 0 Å². The van der Waals surface area contributed by atoms with Crippen LogP contribution in [0.2, 0.25) is 0 Å². The maximum Gasteiger partial charge on any atom is 0.127 e. The fraction of sp³-hybridized carbons (Fsp3) is 0.143. The van der Waals surface area contributed by atoms with Gasteiger partial charge in [-0.2, -0.15) is 0 Å². The van der Waals surface area contributed by atoms with Gasteiger partial charge < -0.3 is 9.64 Å². The van der Waals surface area contributed by atoms with Crippen molar-refractivity contribution in [1.82, 2.24) is 0 Å². The third-order valence-corrected chi connectivity index (χ3v) is 15.7. The molecule has 0 N–H and O–H groups in total. The summed E-state index contributed by atoms with van der Waals surface area (Å²) in [5.41, 5.74) is 22.2. The molecule has 10 aromatic carbocycles. The van der Waals surface area contributed by atoms with Crippen molar-refractivity contribution in [2.24, 2.45) is 0 Å². The number of hydrogen-bond acceptors (Lipinski definition) is 2. The minimum absolute atomic E-state index is 0.409. The molecule has 3 atom stereocenters. The van der Waals surface area contributed by atoms with Gasteiger partial charge in [-0.25, -0.2) is 0 Å². The Morgan fingerprint density at radius 3 is 1.64 bits per heavy atom. The van der Waals surface area contributed by atoms with Crippen molar-refractivity contribution in [3.05, 3.63) is 293 Å². The number of fused-ring (bicyclic) bond motifs is 4. The lowest BCUT2D eigenvalue weighted by molar-refractivity contribution is 0.481. The summed E-state index contributed by atoms with van der Waals surface area (Å²) in [6.07, 6.45) is 4.64. The van der Waals surface area contributed by atoms with Gasteiger partial charge in [0.25, 0.3) is 0 Å². The van der Waals surface area contributed by atoms with Crippen molar-refractivity contribution in [2.75, 3.05) is 4.90 Å². The molecule has 3 unspecified atom stereocenters. The number of rotatable bonds is 14. The third-order valence-electron chi connectivity index (χ3n) is 15.7. The molecule has 0 amide bonds. The number of benzene rings is 10. The highest BCUT2D eigenvalue weighted by Crippen LogP contribution is 2.57. The molecule has 0 radical (unpaired) electrons. The van der Waals surface area contributed by atoms with Crippen LogP contribution in [-0.2, 0) is 18.3 Å². The number of para-hydroxylation sites is 1. The summed E-state index contributed by atoms with van der Waals surface area (Å²) in [7, 11) is 0. The van der Waals surface area contributed by atoms with Crippen LogP contribution in [0.1, 0.15) is 88.6 Å². The Morgan fingerprint density at radius 1 is 0.444 bits per heavy atom. The van der Waals surface area contributed by atoms with Crippen molar-refractivity contribution >= 4 is 17.1 Å². The van der Waals surface area contributed by atoms with Gasteiger partial charge in [0.15, 0.2) is 0 Å². The highest BCUT2D eigenvalue weighted by atomic mass is 16.5. The van der Waals surface area contributed by atoms with Crippen molar-refractivity contribution < 1.29 is 4.74 Å². The lowest BCUT2D eigenvalue weighted by Gasteiger charge is -2.35. The second-order valence-corrected chi connectivity index (χ2v) is 20.0. The summed E-state index contributed by atoms with van der Waals surface area (Å²) in [5.74, 6) is 2.55. The fourth-order valence-electron chi connectivity index (χ4n) is 11.7. The molecule has 0 saturated carbocycles. The molecule has 0 fully saturated rings. The zero-order valence-corrected chi connectivity index (χ0v) is 41.4. The van der Waals surface area contributed by atoms with Gasteiger partial charge in [-0.3, -0.25) is 0 Å². The van der Waals surface area contributed by atoms with E-state index in [0.717, 1.165) is 41.4 Å². The van der Waals surface area contributed by atoms with Crippen LogP contribution in [0.25, 0.3) is 33.4 Å². The summed E-state index contributed by atoms with van der Waals surface area (Å²) < 4.78 is 6.64. The summed E-state index contributed by atoms with van der Waals surface area (Å²) in [4.78, 5) is 2.39. The SMILES string of the molecule is CCC(CC(C)c1ccc(Oc2ccc(C3(c4ccc(C)cc4)c4ccccc4-c4ccc(N(c5ccccc5)c5ccc(-c6ccccc6)cc5)cc43)cc2)cc1)c1ccc(-c2ccc3c(c2)CC3)cc1. The molecule has 2 nitrogen and oxygen atoms in total. The Kier molecular flexibility index (Phi) is 12.0. The second-order valence-electron chi connectivity index (χ2n) is 20.0. The van der Waals surface area contributed by atoms with Gasteiger partial charge in [0.05, 0.1) is 5.41 Å². The Hall–Kier alpha value is -8.20. The summed E-state index contributed by atoms with van der Waals surface area (Å²) in [6.45, 7) is 6.85. The van der Waals surface area contributed by atoms with Crippen molar-refractivity contribution in [1.29, 1.82) is 0 Å². The van der Waals surface area contributed by atoms with Crippen LogP contribution < -0.4 is 9.64 Å². The minimum atomic E-state index is -0.591. The lowest BCUT2D eigenvalue weighted by atomic mass is 9.67. The van der Waals surface area contributed by atoms with Gasteiger partial charge in [0.1, 0.15) is 11.5 Å². The highest BCUT2D eigenvalue weighted by molar-refractivity contribution is 5.90. The predicted molar refractivity (Wildman–Crippen MR) is 300 cm³/mol. The first-order valence-electron chi connectivity index (χ1n) is 25.9. The van der Waals surface area contributed by atoms with Crippen LogP contribution in [0.4, 0.5) is 17.1 Å². The molecule has 10 aromatic rings. The highest BCUT2D eigenvalue weighted by Gasteiger charge is 2.46. The largest absolute Gasteiger partial charge is 0.457 e. The first-order chi connectivity index (χ1) is 35.4. The smallest absolute Gasteiger partial charge is 0.127 e. The lowest BCUT2D eigenvalue weighted by Crippen LogP contribution is -2.28. The van der Waals surface area contributed by atoms with E-state index in [0.29, 0.717) is 11.8 Å². The first-order valence-corrected chi connectivity index (χ1v) is 25.9. The second kappa shape index (κ2) is 19.2. The maximum absolute atomic E-state index is 6.64. The molecule has 0 aromatic heterocycles. The van der Waals surface area contributed by atoms with E-state index >= 15 is 0 Å². The van der Waals surface area contributed by atoms with Crippen molar-refractivity contribution in [3.8, 4) is 44.9 Å². The zero-order chi connectivity index (χ0) is 48.6. The summed E-state index contributed by atoms with van der Waals surface area (Å²) >= 11 is 0. The molecule has 2 aliphatic rings. The van der Waals surface area contributed by atoms with Crippen molar-refractivity contribution in [2.45, 2.75) is 63.7 Å². The molecular formula is C70H59NO. The van der Waals surface area contributed by atoms with Gasteiger partial charge >= 0.3 is 0 Å². The fourth-order valence-corrected chi connectivity index (χ4v) is 11.7. The molecule has 0 aliphatic heterocycles. The van der Waals surface area contributed by atoms with Gasteiger partial charge in [-0.05, 0) is 183 Å². The average Bonchev–Trinajstić information content (AvgIpc) is 3.73. The monoisotopic (exact) mass is 929 g/mol. The van der Waals surface area contributed by atoms with E-state index in [9.17, 15) is 0 Å². The van der Waals surface area contributed by atoms with Crippen LogP contribution in [-0.4, -0.2) is 0 Å². The number of ether oxygens (including phenoxy) is 1. The van der Waals surface area contributed by atoms with Crippen LogP contribution in [0, 0.1) is 6.92 Å². The molecule has 0 bridgehead atoms. The van der Waals surface area contributed by atoms with Gasteiger partial charge in [-0.15, -0.1) is 0 Å². The van der Waals surface area contributed by atoms with E-state index in [-0.39, 0.29) is 0 Å². The average molecular weight is 930 g/mol. The Morgan fingerprint density at radius 2 is 0.972 bits per heavy atom. The van der Waals surface area contributed by atoms with Crippen LogP contribution in [0.15, 0.2) is 243 Å². The van der Waals surface area contributed by atoms with E-state index in [1.807, 2.05) is 0 Å². The van der Waals surface area contributed by atoms with Crippen molar-refractivity contribution in [3.63, 3.8) is 0 Å². The third kappa shape index (κ3) is 8.31. The summed E-state index contributed by atoms with van der Waals surface area (Å²) in [5, 5.41) is 0. The number of aryl methyl sites for hydroxylation is 3. The Bertz CT molecular complexity index is 3490. The number of hydrogen-bond donors (Lipinski definition) is 0. The normalized spacial score (nSPS) is 15.1. The van der Waals surface area contributed by atoms with E-state index in [1.54, 1.807) is 0 Å². The number of nitrogens with zero attached hydrogens (tertiary/aromatic N) is 1. The molecule has 0 heterocycles. The molecule has 12 rings (SSSR count). The van der Waals surface area contributed by atoms with Crippen LogP contribution in [0.5, 0.6) is 11.5 Å². The maximum atomic E-state index is 6.64. The van der Waals surface area contributed by atoms with Crippen LogP contribution >= 0.6 is 0 Å². The van der Waals surface area contributed by atoms with E-state index in [4.69, 9.17) is 4.74 Å². The zero-order valence-electron chi connectivity index (χ0n) is 41.4. The predicted octanol–water partition coefficient (Wildman–Crippen LogP) is 18.7. The van der Waals surface area contributed by atoms with Gasteiger partial charge in [0.2, 0.25) is 0 Å². The molecule has 72 heavy (non-hydrogen) atoms. The van der Waals surface area contributed by atoms with E-state index in [1.165, 1.54) is 96.3 Å². The summed E-state index contributed by atoms with van der Waals surface area (Å²) in [6, 6.07) is 89.4. The van der Waals surface area contributed by atoms with E-state index in [2.05, 4.69) is 268 Å². The quantitative estimate of drug-likeness (QED) is 0.108. The number of anilines is 3. The Balaban J connectivity index is 0.839. The molecule has 0 spiro atoms. The standard InChI is InChI=1S/C70H59NO/c1-4-50(53-21-23-55(24-22-53)57-27-25-56-26-28-58(56)46-57)45-49(3)51-31-40-64(41-32-51)72-65-42-35-60(36-43-65)70(59-33-19-48(2)20-34-59)68-18-12-11-17-66(68)67-44-39-63(47-69(67)70)71(61-15-9-6-10-16-61)62-37-29-54(30-38-62)52-13-7-5-8-14-52/h5-25,27,29-44,46-47,49-50H,4,26,28,45H2,1-3H3. The Labute approximate surface area is 425 Å². The molecular weight excluding hydrogens is 871 g/mol. The minimum Gasteiger partial charge on any atom is -0.457 e. The molecule has 350 valence electrons. The molecule has 2 aliphatic carbocycles. The van der Waals surface area contributed by atoms with Gasteiger partial charge in [-0.1, -0.05) is 201 Å². The molecule has 2 heteroatoms.